The number of amides is 1. The average Bonchev–Trinajstić information content (AvgIpc) is 3.03. The Labute approximate surface area is 139 Å². The highest BCUT2D eigenvalue weighted by atomic mass is 16.5. The molecule has 1 aliphatic rings. The van der Waals surface area contributed by atoms with Gasteiger partial charge in [0.15, 0.2) is 5.78 Å². The van der Waals surface area contributed by atoms with Crippen molar-refractivity contribution in [3.63, 3.8) is 0 Å². The lowest BCUT2D eigenvalue weighted by Crippen LogP contribution is -2.26. The van der Waals surface area contributed by atoms with E-state index in [2.05, 4.69) is 0 Å². The first-order valence-electron chi connectivity index (χ1n) is 7.68. The Hall–Kier alpha value is -2.95. The normalized spacial score (nSPS) is 17.0. The summed E-state index contributed by atoms with van der Waals surface area (Å²) < 4.78 is 4.70. The number of ketones is 1. The summed E-state index contributed by atoms with van der Waals surface area (Å²) >= 11 is 0. The first-order valence-corrected chi connectivity index (χ1v) is 7.68. The number of carbonyl (C=O) groups excluding carboxylic acids is 3. The Kier molecular flexibility index (Phi) is 4.42. The molecular weight excluding hydrogens is 306 g/mol. The standard InChI is InChI=1S/C19H17NO4/c1-24-19(23)15-11-17(21)20(12-15)16-9-7-14(8-10-16)18(22)13-5-3-2-4-6-13/h2-10,15H,11-12H2,1H3. The highest BCUT2D eigenvalue weighted by Gasteiger charge is 2.35. The fourth-order valence-corrected chi connectivity index (χ4v) is 2.83. The molecule has 122 valence electrons. The Morgan fingerprint density at radius 1 is 1.00 bits per heavy atom. The second kappa shape index (κ2) is 6.66. The molecule has 1 unspecified atom stereocenters. The zero-order valence-electron chi connectivity index (χ0n) is 13.3. The van der Waals surface area contributed by atoms with Gasteiger partial charge >= 0.3 is 5.97 Å². The van der Waals surface area contributed by atoms with E-state index in [-0.39, 0.29) is 24.1 Å². The zero-order valence-corrected chi connectivity index (χ0v) is 13.3. The molecule has 1 amide bonds. The molecule has 1 aliphatic heterocycles. The number of rotatable bonds is 4. The number of esters is 1. The second-order valence-electron chi connectivity index (χ2n) is 5.67. The van der Waals surface area contributed by atoms with Crippen molar-refractivity contribution in [3.05, 3.63) is 65.7 Å². The summed E-state index contributed by atoms with van der Waals surface area (Å²) in [5, 5.41) is 0. The summed E-state index contributed by atoms with van der Waals surface area (Å²) in [6.45, 7) is 0.303. The van der Waals surface area contributed by atoms with E-state index in [1.165, 1.54) is 7.11 Å². The molecule has 0 radical (unpaired) electrons. The van der Waals surface area contributed by atoms with Crippen LogP contribution >= 0.6 is 0 Å². The minimum atomic E-state index is -0.437. The first-order chi connectivity index (χ1) is 11.6. The molecule has 0 N–H and O–H groups in total. The van der Waals surface area contributed by atoms with E-state index in [4.69, 9.17) is 4.74 Å². The molecule has 0 bridgehead atoms. The number of methoxy groups -OCH3 is 1. The largest absolute Gasteiger partial charge is 0.469 e. The third-order valence-corrected chi connectivity index (χ3v) is 4.14. The van der Waals surface area contributed by atoms with Crippen LogP contribution in [0.2, 0.25) is 0 Å². The first kappa shape index (κ1) is 15.9. The lowest BCUT2D eigenvalue weighted by atomic mass is 10.0. The number of hydrogen-bond acceptors (Lipinski definition) is 4. The van der Waals surface area contributed by atoms with Gasteiger partial charge in [-0.25, -0.2) is 0 Å². The van der Waals surface area contributed by atoms with Gasteiger partial charge in [-0.2, -0.15) is 0 Å². The maximum absolute atomic E-state index is 12.4. The van der Waals surface area contributed by atoms with Crippen molar-refractivity contribution in [2.75, 3.05) is 18.6 Å². The summed E-state index contributed by atoms with van der Waals surface area (Å²) in [7, 11) is 1.32. The lowest BCUT2D eigenvalue weighted by Gasteiger charge is -2.16. The summed E-state index contributed by atoms with van der Waals surface area (Å²) in [6, 6.07) is 15.9. The van der Waals surface area contributed by atoms with Crippen LogP contribution in [0.1, 0.15) is 22.3 Å². The van der Waals surface area contributed by atoms with Crippen molar-refractivity contribution in [3.8, 4) is 0 Å². The maximum Gasteiger partial charge on any atom is 0.311 e. The Morgan fingerprint density at radius 3 is 2.25 bits per heavy atom. The molecule has 1 fully saturated rings. The highest BCUT2D eigenvalue weighted by molar-refractivity contribution is 6.09. The molecule has 2 aromatic carbocycles. The number of ether oxygens (including phenoxy) is 1. The average molecular weight is 323 g/mol. The number of carbonyl (C=O) groups is 3. The number of anilines is 1. The molecule has 0 aliphatic carbocycles. The van der Waals surface area contributed by atoms with Gasteiger partial charge in [-0.1, -0.05) is 30.3 Å². The Morgan fingerprint density at radius 2 is 1.62 bits per heavy atom. The Balaban J connectivity index is 1.77. The van der Waals surface area contributed by atoms with Crippen LogP contribution in [0.15, 0.2) is 54.6 Å². The summed E-state index contributed by atoms with van der Waals surface area (Å²) in [4.78, 5) is 37.6. The fraction of sp³-hybridized carbons (Fsp3) is 0.211. The lowest BCUT2D eigenvalue weighted by molar-refractivity contribution is -0.145. The third kappa shape index (κ3) is 3.06. The van der Waals surface area contributed by atoms with Crippen LogP contribution in [-0.4, -0.2) is 31.3 Å². The van der Waals surface area contributed by atoms with Gasteiger partial charge in [0.05, 0.1) is 13.0 Å². The van der Waals surface area contributed by atoms with E-state index in [0.717, 1.165) is 0 Å². The highest BCUT2D eigenvalue weighted by Crippen LogP contribution is 2.26. The Bertz CT molecular complexity index is 768. The van der Waals surface area contributed by atoms with Crippen LogP contribution in [-0.2, 0) is 14.3 Å². The predicted octanol–water partition coefficient (Wildman–Crippen LogP) is 2.44. The van der Waals surface area contributed by atoms with E-state index < -0.39 is 5.92 Å². The molecule has 0 spiro atoms. The molecule has 0 aromatic heterocycles. The van der Waals surface area contributed by atoms with Crippen LogP contribution in [0.3, 0.4) is 0 Å². The van der Waals surface area contributed by atoms with Crippen LogP contribution in [0.4, 0.5) is 5.69 Å². The molecule has 3 rings (SSSR count). The van der Waals surface area contributed by atoms with Gasteiger partial charge < -0.3 is 9.64 Å². The SMILES string of the molecule is COC(=O)C1CC(=O)N(c2ccc(C(=O)c3ccccc3)cc2)C1. The van der Waals surface area contributed by atoms with Crippen LogP contribution in [0.5, 0.6) is 0 Å². The quantitative estimate of drug-likeness (QED) is 0.640. The summed E-state index contributed by atoms with van der Waals surface area (Å²) in [6.07, 6.45) is 0.150. The van der Waals surface area contributed by atoms with Crippen molar-refractivity contribution in [2.45, 2.75) is 6.42 Å². The molecule has 1 saturated heterocycles. The van der Waals surface area contributed by atoms with Gasteiger partial charge in [0.2, 0.25) is 5.91 Å². The smallest absolute Gasteiger partial charge is 0.311 e. The molecule has 2 aromatic rings. The van der Waals surface area contributed by atoms with Crippen molar-refractivity contribution < 1.29 is 19.1 Å². The molecule has 5 nitrogen and oxygen atoms in total. The monoisotopic (exact) mass is 323 g/mol. The van der Waals surface area contributed by atoms with Crippen molar-refractivity contribution in [1.82, 2.24) is 0 Å². The molecule has 1 heterocycles. The van der Waals surface area contributed by atoms with Crippen molar-refractivity contribution in [2.24, 2.45) is 5.92 Å². The third-order valence-electron chi connectivity index (χ3n) is 4.14. The molecule has 1 atom stereocenters. The van der Waals surface area contributed by atoms with Gasteiger partial charge in [-0.15, -0.1) is 0 Å². The topological polar surface area (TPSA) is 63.7 Å². The molecule has 0 saturated carbocycles. The van der Waals surface area contributed by atoms with Gasteiger partial charge in [0.1, 0.15) is 0 Å². The van der Waals surface area contributed by atoms with Crippen LogP contribution in [0, 0.1) is 5.92 Å². The van der Waals surface area contributed by atoms with Crippen LogP contribution < -0.4 is 4.90 Å². The van der Waals surface area contributed by atoms with Gasteiger partial charge in [-0.05, 0) is 24.3 Å². The second-order valence-corrected chi connectivity index (χ2v) is 5.67. The number of nitrogens with zero attached hydrogens (tertiary/aromatic N) is 1. The van der Waals surface area contributed by atoms with E-state index in [1.54, 1.807) is 41.3 Å². The van der Waals surface area contributed by atoms with Crippen molar-refractivity contribution in [1.29, 1.82) is 0 Å². The zero-order chi connectivity index (χ0) is 17.1. The predicted molar refractivity (Wildman–Crippen MR) is 88.8 cm³/mol. The number of hydrogen-bond donors (Lipinski definition) is 0. The van der Waals surface area contributed by atoms with Crippen LogP contribution in [0.25, 0.3) is 0 Å². The summed E-state index contributed by atoms with van der Waals surface area (Å²) in [5.41, 5.74) is 1.85. The minimum absolute atomic E-state index is 0.0673. The van der Waals surface area contributed by atoms with Gasteiger partial charge in [-0.3, -0.25) is 14.4 Å². The fourth-order valence-electron chi connectivity index (χ4n) is 2.83. The molecular formula is C19H17NO4. The van der Waals surface area contributed by atoms with Gasteiger partial charge in [0.25, 0.3) is 0 Å². The molecule has 24 heavy (non-hydrogen) atoms. The summed E-state index contributed by atoms with van der Waals surface area (Å²) in [5.74, 6) is -0.996. The minimum Gasteiger partial charge on any atom is -0.469 e. The number of benzene rings is 2. The van der Waals surface area contributed by atoms with E-state index in [9.17, 15) is 14.4 Å². The van der Waals surface area contributed by atoms with Crippen molar-refractivity contribution >= 4 is 23.3 Å². The maximum atomic E-state index is 12.4. The van der Waals surface area contributed by atoms with E-state index in [0.29, 0.717) is 23.4 Å². The molecule has 5 heteroatoms. The van der Waals surface area contributed by atoms with Gasteiger partial charge in [0, 0.05) is 29.8 Å². The van der Waals surface area contributed by atoms with E-state index in [1.807, 2.05) is 18.2 Å². The van der Waals surface area contributed by atoms with E-state index >= 15 is 0 Å².